The summed E-state index contributed by atoms with van der Waals surface area (Å²) < 4.78 is 26.5. The molecule has 0 spiro atoms. The van der Waals surface area contributed by atoms with Gasteiger partial charge in [0.1, 0.15) is 5.82 Å². The molecule has 1 aromatic heterocycles. The molecule has 0 fully saturated rings. The van der Waals surface area contributed by atoms with Gasteiger partial charge in [-0.05, 0) is 13.3 Å². The Labute approximate surface area is 96.9 Å². The molecule has 0 aliphatic heterocycles. The number of nitrogens with zero attached hydrogens (tertiary/aromatic N) is 1. The predicted molar refractivity (Wildman–Crippen MR) is 62.0 cm³/mol. The van der Waals surface area contributed by atoms with E-state index in [2.05, 4.69) is 37.3 Å². The minimum atomic E-state index is -3.38. The second kappa shape index (κ2) is 5.08. The summed E-state index contributed by atoms with van der Waals surface area (Å²) in [5.74, 6) is 0.597. The van der Waals surface area contributed by atoms with Crippen LogP contribution in [0.2, 0.25) is 0 Å². The van der Waals surface area contributed by atoms with E-state index in [0.29, 0.717) is 12.4 Å². The molecule has 1 rings (SSSR count). The molecule has 0 atom stereocenters. The van der Waals surface area contributed by atoms with Crippen LogP contribution in [0.15, 0.2) is 11.2 Å². The third-order valence-electron chi connectivity index (χ3n) is 1.57. The van der Waals surface area contributed by atoms with Crippen molar-refractivity contribution in [3.8, 4) is 0 Å². The quantitative estimate of drug-likeness (QED) is 0.477. The van der Waals surface area contributed by atoms with Crippen LogP contribution in [0.5, 0.6) is 0 Å². The average Bonchev–Trinajstić information content (AvgIpc) is 2.53. The van der Waals surface area contributed by atoms with E-state index >= 15 is 0 Å². The van der Waals surface area contributed by atoms with Gasteiger partial charge in [-0.2, -0.15) is 0 Å². The fourth-order valence-electron chi connectivity index (χ4n) is 0.886. The van der Waals surface area contributed by atoms with Crippen molar-refractivity contribution in [2.45, 2.75) is 18.4 Å². The largest absolute Gasteiger partial charge is 0.332 e. The molecule has 1 heterocycles. The maximum atomic E-state index is 11.5. The maximum Gasteiger partial charge on any atom is 0.257 e. The highest BCUT2D eigenvalue weighted by molar-refractivity contribution is 14.1. The number of hydrogen-bond donors (Lipinski definition) is 2. The lowest BCUT2D eigenvalue weighted by atomic mass is 10.5. The molecule has 7 heteroatoms. The molecule has 14 heavy (non-hydrogen) atoms. The first-order valence-corrected chi connectivity index (χ1v) is 7.14. The van der Waals surface area contributed by atoms with Gasteiger partial charge in [0.15, 0.2) is 5.03 Å². The first-order valence-electron chi connectivity index (χ1n) is 4.13. The summed E-state index contributed by atoms with van der Waals surface area (Å²) in [7, 11) is -3.38. The zero-order valence-corrected chi connectivity index (χ0v) is 10.7. The lowest BCUT2D eigenvalue weighted by molar-refractivity contribution is 0.578. The zero-order chi connectivity index (χ0) is 10.6. The number of H-pyrrole nitrogens is 1. The van der Waals surface area contributed by atoms with Crippen LogP contribution in [0.1, 0.15) is 12.2 Å². The number of rotatable bonds is 5. The summed E-state index contributed by atoms with van der Waals surface area (Å²) in [6.45, 7) is 2.17. The van der Waals surface area contributed by atoms with Crippen LogP contribution in [0.25, 0.3) is 0 Å². The van der Waals surface area contributed by atoms with E-state index in [1.165, 1.54) is 6.20 Å². The Morgan fingerprint density at radius 1 is 1.64 bits per heavy atom. The highest BCUT2D eigenvalue weighted by atomic mass is 127. The van der Waals surface area contributed by atoms with Crippen LogP contribution in [0.4, 0.5) is 0 Å². The van der Waals surface area contributed by atoms with Crippen molar-refractivity contribution in [1.82, 2.24) is 14.7 Å². The lowest BCUT2D eigenvalue weighted by Gasteiger charge is -2.02. The van der Waals surface area contributed by atoms with Crippen LogP contribution in [-0.2, 0) is 10.0 Å². The molecule has 2 N–H and O–H groups in total. The lowest BCUT2D eigenvalue weighted by Crippen LogP contribution is -2.25. The molecule has 0 aliphatic carbocycles. The second-order valence-electron chi connectivity index (χ2n) is 2.77. The number of imidazole rings is 1. The highest BCUT2D eigenvalue weighted by Crippen LogP contribution is 2.04. The first kappa shape index (κ1) is 11.9. The van der Waals surface area contributed by atoms with Crippen molar-refractivity contribution in [2.75, 3.05) is 11.0 Å². The number of aromatic nitrogens is 2. The van der Waals surface area contributed by atoms with Crippen LogP contribution >= 0.6 is 22.6 Å². The Hall–Kier alpha value is -0.150. The van der Waals surface area contributed by atoms with Gasteiger partial charge in [-0.25, -0.2) is 18.1 Å². The molecule has 0 aliphatic rings. The third kappa shape index (κ3) is 3.21. The molecule has 1 aromatic rings. The molecule has 0 saturated carbocycles. The van der Waals surface area contributed by atoms with Gasteiger partial charge in [-0.3, -0.25) is 0 Å². The number of aromatic amines is 1. The van der Waals surface area contributed by atoms with Crippen LogP contribution < -0.4 is 4.72 Å². The molecule has 0 amide bonds. The van der Waals surface area contributed by atoms with E-state index in [4.69, 9.17) is 0 Å². The zero-order valence-electron chi connectivity index (χ0n) is 7.75. The summed E-state index contributed by atoms with van der Waals surface area (Å²) >= 11 is 2.20. The van der Waals surface area contributed by atoms with Gasteiger partial charge in [-0.1, -0.05) is 22.6 Å². The highest BCUT2D eigenvalue weighted by Gasteiger charge is 2.14. The van der Waals surface area contributed by atoms with E-state index in [1.54, 1.807) is 6.92 Å². The molecule has 0 aromatic carbocycles. The Morgan fingerprint density at radius 2 is 2.36 bits per heavy atom. The van der Waals surface area contributed by atoms with Crippen molar-refractivity contribution in [1.29, 1.82) is 0 Å². The number of halogens is 1. The Morgan fingerprint density at radius 3 is 2.86 bits per heavy atom. The first-order chi connectivity index (χ1) is 6.56. The van der Waals surface area contributed by atoms with Crippen LogP contribution in [0, 0.1) is 6.92 Å². The number of nitrogens with one attached hydrogen (secondary N) is 2. The summed E-state index contributed by atoms with van der Waals surface area (Å²) in [6.07, 6.45) is 2.15. The van der Waals surface area contributed by atoms with Crippen molar-refractivity contribution in [3.05, 3.63) is 12.0 Å². The molecular weight excluding hydrogens is 317 g/mol. The predicted octanol–water partition coefficient (Wildman–Crippen LogP) is 0.822. The SMILES string of the molecule is Cc1ncc(S(=O)(=O)NCCCI)[nH]1. The summed E-state index contributed by atoms with van der Waals surface area (Å²) in [6, 6.07) is 0. The fraction of sp³-hybridized carbons (Fsp3) is 0.571. The molecule has 5 nitrogen and oxygen atoms in total. The van der Waals surface area contributed by atoms with Gasteiger partial charge in [0, 0.05) is 11.0 Å². The Balaban J connectivity index is 2.66. The summed E-state index contributed by atoms with van der Waals surface area (Å²) in [5, 5.41) is 0.128. The molecule has 80 valence electrons. The fourth-order valence-corrected chi connectivity index (χ4v) is 2.31. The maximum absolute atomic E-state index is 11.5. The Bertz CT molecular complexity index is 387. The smallest absolute Gasteiger partial charge is 0.257 e. The Kier molecular flexibility index (Phi) is 4.32. The van der Waals surface area contributed by atoms with Gasteiger partial charge in [0.05, 0.1) is 6.20 Å². The molecule has 0 radical (unpaired) electrons. The molecule has 0 unspecified atom stereocenters. The topological polar surface area (TPSA) is 74.8 Å². The standard InChI is InChI=1S/C7H12IN3O2S/c1-6-9-5-7(11-6)14(12,13)10-4-2-3-8/h5,10H,2-4H2,1H3,(H,9,11). The molecular formula is C7H12IN3O2S. The van der Waals surface area contributed by atoms with Gasteiger partial charge in [0.25, 0.3) is 10.0 Å². The van der Waals surface area contributed by atoms with Gasteiger partial charge in [0.2, 0.25) is 0 Å². The van der Waals surface area contributed by atoms with E-state index in [0.717, 1.165) is 10.8 Å². The number of alkyl halides is 1. The number of sulfonamides is 1. The van der Waals surface area contributed by atoms with Gasteiger partial charge in [-0.15, -0.1) is 0 Å². The van der Waals surface area contributed by atoms with Gasteiger partial charge < -0.3 is 4.98 Å². The van der Waals surface area contributed by atoms with Gasteiger partial charge >= 0.3 is 0 Å². The number of aryl methyl sites for hydroxylation is 1. The molecule has 0 bridgehead atoms. The minimum absolute atomic E-state index is 0.128. The third-order valence-corrected chi connectivity index (χ3v) is 3.71. The van der Waals surface area contributed by atoms with Crippen molar-refractivity contribution < 1.29 is 8.42 Å². The van der Waals surface area contributed by atoms with Crippen LogP contribution in [-0.4, -0.2) is 29.4 Å². The van der Waals surface area contributed by atoms with Crippen molar-refractivity contribution in [2.24, 2.45) is 0 Å². The van der Waals surface area contributed by atoms with Crippen LogP contribution in [0.3, 0.4) is 0 Å². The van der Waals surface area contributed by atoms with E-state index in [9.17, 15) is 8.42 Å². The normalized spacial score (nSPS) is 11.9. The minimum Gasteiger partial charge on any atom is -0.332 e. The monoisotopic (exact) mass is 329 g/mol. The van der Waals surface area contributed by atoms with E-state index in [1.807, 2.05) is 0 Å². The van der Waals surface area contributed by atoms with E-state index in [-0.39, 0.29) is 5.03 Å². The molecule has 0 saturated heterocycles. The average molecular weight is 329 g/mol. The van der Waals surface area contributed by atoms with E-state index < -0.39 is 10.0 Å². The second-order valence-corrected chi connectivity index (χ2v) is 5.59. The summed E-state index contributed by atoms with van der Waals surface area (Å²) in [4.78, 5) is 6.51. The summed E-state index contributed by atoms with van der Waals surface area (Å²) in [5.41, 5.74) is 0. The van der Waals surface area contributed by atoms with Crippen molar-refractivity contribution >= 4 is 32.6 Å². The number of hydrogen-bond acceptors (Lipinski definition) is 3. The van der Waals surface area contributed by atoms with Crippen molar-refractivity contribution in [3.63, 3.8) is 0 Å².